The highest BCUT2D eigenvalue weighted by Crippen LogP contribution is 2.47. The lowest BCUT2D eigenvalue weighted by Gasteiger charge is -2.37. The summed E-state index contributed by atoms with van der Waals surface area (Å²) in [6.45, 7) is 4.14. The largest absolute Gasteiger partial charge is 0.481 e. The molecule has 3 unspecified atom stereocenters. The molecule has 1 saturated heterocycles. The van der Waals surface area contributed by atoms with Gasteiger partial charge in [-0.1, -0.05) is 26.7 Å². The number of alkyl halides is 3. The summed E-state index contributed by atoms with van der Waals surface area (Å²) in [5.41, 5.74) is -2.57. The number of carboxylic acids is 1. The molecule has 2 fully saturated rings. The van der Waals surface area contributed by atoms with Crippen molar-refractivity contribution in [3.05, 3.63) is 0 Å². The van der Waals surface area contributed by atoms with Crippen LogP contribution in [0.4, 0.5) is 13.2 Å². The van der Waals surface area contributed by atoms with Gasteiger partial charge >= 0.3 is 12.1 Å². The molecule has 21 heavy (non-hydrogen) atoms. The number of likely N-dealkylation sites (tertiary alicyclic amines) is 1. The Labute approximate surface area is 123 Å². The predicted octanol–water partition coefficient (Wildman–Crippen LogP) is 3.54. The van der Waals surface area contributed by atoms with E-state index in [2.05, 4.69) is 13.8 Å². The number of hydrogen-bond acceptors (Lipinski definition) is 2. The van der Waals surface area contributed by atoms with Gasteiger partial charge in [-0.3, -0.25) is 9.69 Å². The molecule has 0 spiro atoms. The van der Waals surface area contributed by atoms with Gasteiger partial charge in [-0.25, -0.2) is 0 Å². The quantitative estimate of drug-likeness (QED) is 0.867. The highest BCUT2D eigenvalue weighted by Gasteiger charge is 2.64. The first-order chi connectivity index (χ1) is 9.67. The van der Waals surface area contributed by atoms with Crippen LogP contribution in [0.2, 0.25) is 0 Å². The fourth-order valence-electron chi connectivity index (χ4n) is 3.82. The maximum absolute atomic E-state index is 13.2. The molecule has 0 radical (unpaired) electrons. The molecule has 1 N–H and O–H groups in total. The summed E-state index contributed by atoms with van der Waals surface area (Å²) in [5, 5.41) is 9.11. The molecule has 3 nitrogen and oxygen atoms in total. The van der Waals surface area contributed by atoms with Crippen molar-refractivity contribution >= 4 is 5.97 Å². The average Bonchev–Trinajstić information content (AvgIpc) is 2.84. The van der Waals surface area contributed by atoms with Crippen LogP contribution in [0.25, 0.3) is 0 Å². The van der Waals surface area contributed by atoms with Crippen molar-refractivity contribution in [2.24, 2.45) is 17.3 Å². The Hall–Kier alpha value is -0.780. The van der Waals surface area contributed by atoms with E-state index in [0.717, 1.165) is 25.7 Å². The Morgan fingerprint density at radius 3 is 2.48 bits per heavy atom. The van der Waals surface area contributed by atoms with Crippen LogP contribution in [0.15, 0.2) is 0 Å². The van der Waals surface area contributed by atoms with E-state index >= 15 is 0 Å². The van der Waals surface area contributed by atoms with Crippen LogP contribution in [-0.2, 0) is 4.79 Å². The number of carbonyl (C=O) groups is 1. The van der Waals surface area contributed by atoms with E-state index in [4.69, 9.17) is 5.11 Å². The second-order valence-corrected chi connectivity index (χ2v) is 6.93. The maximum Gasteiger partial charge on any atom is 0.406 e. The molecule has 1 aliphatic heterocycles. The second kappa shape index (κ2) is 5.78. The van der Waals surface area contributed by atoms with Gasteiger partial charge in [-0.05, 0) is 37.6 Å². The standard InChI is InChI=1S/C15H24F3NO2/c1-10(2)11-4-3-5-12(8-11)19-7-6-14(9-19,13(20)21)15(16,17)18/h10-12H,3-9H2,1-2H3,(H,20,21). The highest BCUT2D eigenvalue weighted by molar-refractivity contribution is 5.76. The summed E-state index contributed by atoms with van der Waals surface area (Å²) in [6.07, 6.45) is -1.07. The lowest BCUT2D eigenvalue weighted by Crippen LogP contribution is -2.48. The number of halogens is 3. The minimum Gasteiger partial charge on any atom is -0.481 e. The first-order valence-corrected chi connectivity index (χ1v) is 7.71. The monoisotopic (exact) mass is 307 g/mol. The Bertz CT molecular complexity index is 397. The van der Waals surface area contributed by atoms with Crippen LogP contribution in [0.3, 0.4) is 0 Å². The zero-order valence-electron chi connectivity index (χ0n) is 12.6. The first kappa shape index (κ1) is 16.6. The van der Waals surface area contributed by atoms with E-state index in [0.29, 0.717) is 11.8 Å². The summed E-state index contributed by atoms with van der Waals surface area (Å²) >= 11 is 0. The molecule has 1 aliphatic carbocycles. The highest BCUT2D eigenvalue weighted by atomic mass is 19.4. The SMILES string of the molecule is CC(C)C1CCCC(N2CCC(C(=O)O)(C(F)(F)F)C2)C1. The van der Waals surface area contributed by atoms with E-state index in [1.807, 2.05) is 0 Å². The molecule has 1 heterocycles. The molecule has 0 bridgehead atoms. The van der Waals surface area contributed by atoms with Crippen LogP contribution >= 0.6 is 0 Å². The van der Waals surface area contributed by atoms with E-state index < -0.39 is 17.6 Å². The van der Waals surface area contributed by atoms with E-state index in [1.165, 1.54) is 0 Å². The molecule has 0 aromatic rings. The summed E-state index contributed by atoms with van der Waals surface area (Å²) in [7, 11) is 0. The molecular formula is C15H24F3NO2. The van der Waals surface area contributed by atoms with Crippen LogP contribution < -0.4 is 0 Å². The minimum absolute atomic E-state index is 0.106. The van der Waals surface area contributed by atoms with Crippen LogP contribution in [0.5, 0.6) is 0 Å². The number of carboxylic acid groups (broad SMARTS) is 1. The van der Waals surface area contributed by atoms with Crippen molar-refractivity contribution in [2.45, 2.75) is 58.2 Å². The maximum atomic E-state index is 13.2. The van der Waals surface area contributed by atoms with Crippen molar-refractivity contribution in [1.29, 1.82) is 0 Å². The smallest absolute Gasteiger partial charge is 0.406 e. The number of aliphatic carboxylic acids is 1. The van der Waals surface area contributed by atoms with Gasteiger partial charge in [0.15, 0.2) is 5.41 Å². The molecule has 0 amide bonds. The molecule has 2 aliphatic rings. The average molecular weight is 307 g/mol. The summed E-state index contributed by atoms with van der Waals surface area (Å²) in [5.74, 6) is -0.662. The second-order valence-electron chi connectivity index (χ2n) is 6.93. The molecule has 0 aromatic carbocycles. The van der Waals surface area contributed by atoms with Gasteiger partial charge in [0, 0.05) is 12.6 Å². The molecule has 1 saturated carbocycles. The Morgan fingerprint density at radius 1 is 1.33 bits per heavy atom. The number of hydrogen-bond donors (Lipinski definition) is 1. The lowest BCUT2D eigenvalue weighted by molar-refractivity contribution is -0.228. The van der Waals surface area contributed by atoms with Crippen LogP contribution in [-0.4, -0.2) is 41.3 Å². The zero-order valence-corrected chi connectivity index (χ0v) is 12.6. The lowest BCUT2D eigenvalue weighted by atomic mass is 9.78. The van der Waals surface area contributed by atoms with Crippen LogP contribution in [0, 0.1) is 17.3 Å². The van der Waals surface area contributed by atoms with Crippen molar-refractivity contribution in [2.75, 3.05) is 13.1 Å². The Balaban J connectivity index is 2.09. The van der Waals surface area contributed by atoms with Crippen molar-refractivity contribution in [3.63, 3.8) is 0 Å². The zero-order chi connectivity index (χ0) is 15.8. The fraction of sp³-hybridized carbons (Fsp3) is 0.933. The first-order valence-electron chi connectivity index (χ1n) is 7.71. The molecule has 6 heteroatoms. The van der Waals surface area contributed by atoms with Gasteiger partial charge < -0.3 is 5.11 Å². The molecule has 122 valence electrons. The summed E-state index contributed by atoms with van der Waals surface area (Å²) in [6, 6.07) is 0.106. The fourth-order valence-corrected chi connectivity index (χ4v) is 3.82. The molecule has 3 atom stereocenters. The third-order valence-corrected chi connectivity index (χ3v) is 5.40. The molecule has 0 aromatic heterocycles. The third-order valence-electron chi connectivity index (χ3n) is 5.40. The van der Waals surface area contributed by atoms with E-state index in [9.17, 15) is 18.0 Å². The Morgan fingerprint density at radius 2 is 2.00 bits per heavy atom. The number of rotatable bonds is 3. The normalized spacial score (nSPS) is 35.3. The van der Waals surface area contributed by atoms with Gasteiger partial charge in [0.2, 0.25) is 0 Å². The number of nitrogens with zero attached hydrogens (tertiary/aromatic N) is 1. The van der Waals surface area contributed by atoms with Gasteiger partial charge in [0.25, 0.3) is 0 Å². The molecule has 2 rings (SSSR count). The van der Waals surface area contributed by atoms with Crippen molar-refractivity contribution in [3.8, 4) is 0 Å². The van der Waals surface area contributed by atoms with E-state index in [-0.39, 0.29) is 25.6 Å². The predicted molar refractivity (Wildman–Crippen MR) is 72.9 cm³/mol. The van der Waals surface area contributed by atoms with Gasteiger partial charge in [0.1, 0.15) is 0 Å². The molecular weight excluding hydrogens is 283 g/mol. The minimum atomic E-state index is -4.68. The van der Waals surface area contributed by atoms with Crippen molar-refractivity contribution in [1.82, 2.24) is 4.90 Å². The topological polar surface area (TPSA) is 40.5 Å². The van der Waals surface area contributed by atoms with Gasteiger partial charge in [-0.15, -0.1) is 0 Å². The van der Waals surface area contributed by atoms with Gasteiger partial charge in [0.05, 0.1) is 0 Å². The van der Waals surface area contributed by atoms with Crippen molar-refractivity contribution < 1.29 is 23.1 Å². The van der Waals surface area contributed by atoms with Gasteiger partial charge in [-0.2, -0.15) is 13.2 Å². The summed E-state index contributed by atoms with van der Waals surface area (Å²) < 4.78 is 39.6. The summed E-state index contributed by atoms with van der Waals surface area (Å²) in [4.78, 5) is 13.0. The van der Waals surface area contributed by atoms with Crippen LogP contribution in [0.1, 0.15) is 46.0 Å². The third kappa shape index (κ3) is 3.05. The Kier molecular flexibility index (Phi) is 4.57. The van der Waals surface area contributed by atoms with E-state index in [1.54, 1.807) is 4.90 Å².